The van der Waals surface area contributed by atoms with Crippen molar-refractivity contribution in [2.75, 3.05) is 13.6 Å². The third kappa shape index (κ3) is 1.92. The largest absolute Gasteiger partial charge is 0.313 e. The SMILES string of the molecule is CNCC(=O)c1nsc(C2CC2)n1. The van der Waals surface area contributed by atoms with Gasteiger partial charge >= 0.3 is 0 Å². The molecule has 5 heteroatoms. The first-order valence-electron chi connectivity index (χ1n) is 4.32. The van der Waals surface area contributed by atoms with Crippen LogP contribution in [0.15, 0.2) is 0 Å². The molecule has 0 bridgehead atoms. The molecule has 1 aliphatic rings. The molecule has 0 aliphatic heterocycles. The summed E-state index contributed by atoms with van der Waals surface area (Å²) in [4.78, 5) is 15.5. The fourth-order valence-electron chi connectivity index (χ4n) is 1.08. The molecule has 0 atom stereocenters. The van der Waals surface area contributed by atoms with Crippen molar-refractivity contribution in [2.45, 2.75) is 18.8 Å². The van der Waals surface area contributed by atoms with Crippen LogP contribution in [-0.2, 0) is 0 Å². The highest BCUT2D eigenvalue weighted by atomic mass is 32.1. The molecular formula is C8H11N3OS. The van der Waals surface area contributed by atoms with Gasteiger partial charge in [0.25, 0.3) is 0 Å². The summed E-state index contributed by atoms with van der Waals surface area (Å²) in [5.41, 5.74) is 0. The van der Waals surface area contributed by atoms with E-state index in [2.05, 4.69) is 14.7 Å². The first-order valence-corrected chi connectivity index (χ1v) is 5.10. The Morgan fingerprint density at radius 3 is 3.08 bits per heavy atom. The van der Waals surface area contributed by atoms with Crippen LogP contribution in [-0.4, -0.2) is 28.7 Å². The average Bonchev–Trinajstić information content (AvgIpc) is 2.84. The summed E-state index contributed by atoms with van der Waals surface area (Å²) in [6.45, 7) is 0.320. The van der Waals surface area contributed by atoms with Crippen molar-refractivity contribution in [3.63, 3.8) is 0 Å². The van der Waals surface area contributed by atoms with Gasteiger partial charge in [0.15, 0.2) is 0 Å². The highest BCUT2D eigenvalue weighted by Crippen LogP contribution is 2.40. The molecule has 0 saturated heterocycles. The first kappa shape index (κ1) is 8.77. The molecule has 0 aromatic carbocycles. The lowest BCUT2D eigenvalue weighted by atomic mass is 10.3. The molecule has 1 heterocycles. The molecule has 4 nitrogen and oxygen atoms in total. The molecule has 0 unspecified atom stereocenters. The van der Waals surface area contributed by atoms with Crippen LogP contribution in [0.3, 0.4) is 0 Å². The molecule has 70 valence electrons. The summed E-state index contributed by atoms with van der Waals surface area (Å²) in [7, 11) is 1.74. The number of hydrogen-bond acceptors (Lipinski definition) is 5. The second-order valence-corrected chi connectivity index (χ2v) is 3.97. The van der Waals surface area contributed by atoms with E-state index < -0.39 is 0 Å². The number of carbonyl (C=O) groups excluding carboxylic acids is 1. The fraction of sp³-hybridized carbons (Fsp3) is 0.625. The number of carbonyl (C=O) groups is 1. The van der Waals surface area contributed by atoms with E-state index in [0.29, 0.717) is 18.3 Å². The van der Waals surface area contributed by atoms with Gasteiger partial charge in [0.1, 0.15) is 5.01 Å². The second-order valence-electron chi connectivity index (χ2n) is 3.18. The summed E-state index contributed by atoms with van der Waals surface area (Å²) in [6, 6.07) is 0. The Hall–Kier alpha value is -0.810. The van der Waals surface area contributed by atoms with E-state index in [0.717, 1.165) is 5.01 Å². The van der Waals surface area contributed by atoms with Crippen molar-refractivity contribution in [1.29, 1.82) is 0 Å². The molecule has 1 aromatic heterocycles. The number of aromatic nitrogens is 2. The predicted octanol–water partition coefficient (Wildman–Crippen LogP) is 0.818. The quantitative estimate of drug-likeness (QED) is 0.726. The standard InChI is InChI=1S/C8H11N3OS/c1-9-4-6(12)7-10-8(13-11-7)5-2-3-5/h5,9H,2-4H2,1H3. The fourth-order valence-corrected chi connectivity index (χ4v) is 1.92. The topological polar surface area (TPSA) is 54.9 Å². The highest BCUT2D eigenvalue weighted by Gasteiger charge is 2.28. The van der Waals surface area contributed by atoms with E-state index >= 15 is 0 Å². The number of nitrogens with one attached hydrogen (secondary N) is 1. The molecule has 1 aromatic rings. The average molecular weight is 197 g/mol. The molecule has 2 rings (SSSR count). The summed E-state index contributed by atoms with van der Waals surface area (Å²) in [5.74, 6) is 0.945. The van der Waals surface area contributed by atoms with Gasteiger partial charge in [-0.25, -0.2) is 4.98 Å². The third-order valence-corrected chi connectivity index (χ3v) is 2.83. The van der Waals surface area contributed by atoms with Gasteiger partial charge in [0.2, 0.25) is 11.6 Å². The number of nitrogens with zero attached hydrogens (tertiary/aromatic N) is 2. The third-order valence-electron chi connectivity index (χ3n) is 1.96. The number of hydrogen-bond donors (Lipinski definition) is 1. The monoisotopic (exact) mass is 197 g/mol. The van der Waals surface area contributed by atoms with Crippen LogP contribution in [0.4, 0.5) is 0 Å². The first-order chi connectivity index (χ1) is 6.31. The van der Waals surface area contributed by atoms with Crippen molar-refractivity contribution in [3.8, 4) is 0 Å². The van der Waals surface area contributed by atoms with Crippen LogP contribution in [0, 0.1) is 0 Å². The summed E-state index contributed by atoms with van der Waals surface area (Å²) < 4.78 is 4.04. The maximum atomic E-state index is 11.3. The smallest absolute Gasteiger partial charge is 0.214 e. The maximum absolute atomic E-state index is 11.3. The Morgan fingerprint density at radius 2 is 2.46 bits per heavy atom. The Kier molecular flexibility index (Phi) is 2.37. The molecule has 1 saturated carbocycles. The number of likely N-dealkylation sites (N-methyl/N-ethyl adjacent to an activating group) is 1. The molecule has 1 aliphatic carbocycles. The highest BCUT2D eigenvalue weighted by molar-refractivity contribution is 7.05. The van der Waals surface area contributed by atoms with E-state index in [1.165, 1.54) is 24.4 Å². The summed E-state index contributed by atoms with van der Waals surface area (Å²) in [5, 5.41) is 3.82. The number of Topliss-reactive ketones (excluding diaryl/α,β-unsaturated/α-hetero) is 1. The molecule has 0 spiro atoms. The summed E-state index contributed by atoms with van der Waals surface area (Å²) in [6.07, 6.45) is 2.41. The molecule has 13 heavy (non-hydrogen) atoms. The lowest BCUT2D eigenvalue weighted by Gasteiger charge is -1.91. The van der Waals surface area contributed by atoms with Gasteiger partial charge in [-0.1, -0.05) is 0 Å². The minimum Gasteiger partial charge on any atom is -0.313 e. The predicted molar refractivity (Wildman–Crippen MR) is 50.1 cm³/mol. The van der Waals surface area contributed by atoms with Crippen LogP contribution >= 0.6 is 11.5 Å². The van der Waals surface area contributed by atoms with Crippen molar-refractivity contribution >= 4 is 17.3 Å². The van der Waals surface area contributed by atoms with Crippen LogP contribution in [0.1, 0.15) is 34.4 Å². The maximum Gasteiger partial charge on any atom is 0.214 e. The minimum atomic E-state index is -0.0225. The zero-order valence-corrected chi connectivity index (χ0v) is 8.23. The van der Waals surface area contributed by atoms with Gasteiger partial charge in [0, 0.05) is 5.92 Å². The Labute approximate surface area is 80.5 Å². The van der Waals surface area contributed by atoms with Gasteiger partial charge in [-0.2, -0.15) is 4.37 Å². The van der Waals surface area contributed by atoms with Gasteiger partial charge in [-0.3, -0.25) is 4.79 Å². The normalized spacial score (nSPS) is 16.1. The molecule has 1 fully saturated rings. The lowest BCUT2D eigenvalue weighted by Crippen LogP contribution is -2.19. The van der Waals surface area contributed by atoms with Gasteiger partial charge in [0.05, 0.1) is 6.54 Å². The Bertz CT molecular complexity index is 319. The van der Waals surface area contributed by atoms with Gasteiger partial charge < -0.3 is 5.32 Å². The summed E-state index contributed by atoms with van der Waals surface area (Å²) >= 11 is 1.36. The van der Waals surface area contributed by atoms with E-state index in [1.54, 1.807) is 7.05 Å². The second kappa shape index (κ2) is 3.51. The van der Waals surface area contributed by atoms with Crippen molar-refractivity contribution in [3.05, 3.63) is 10.8 Å². The van der Waals surface area contributed by atoms with E-state index in [9.17, 15) is 4.79 Å². The Balaban J connectivity index is 2.07. The van der Waals surface area contributed by atoms with Gasteiger partial charge in [-0.15, -0.1) is 0 Å². The van der Waals surface area contributed by atoms with Crippen molar-refractivity contribution in [2.24, 2.45) is 0 Å². The molecule has 0 amide bonds. The van der Waals surface area contributed by atoms with Crippen LogP contribution in [0.5, 0.6) is 0 Å². The lowest BCUT2D eigenvalue weighted by molar-refractivity contribution is 0.0985. The zero-order valence-electron chi connectivity index (χ0n) is 7.41. The van der Waals surface area contributed by atoms with Crippen LogP contribution in [0.25, 0.3) is 0 Å². The van der Waals surface area contributed by atoms with E-state index in [-0.39, 0.29) is 5.78 Å². The van der Waals surface area contributed by atoms with Crippen molar-refractivity contribution in [1.82, 2.24) is 14.7 Å². The van der Waals surface area contributed by atoms with Gasteiger partial charge in [-0.05, 0) is 31.4 Å². The molecule has 1 N–H and O–H groups in total. The van der Waals surface area contributed by atoms with Crippen LogP contribution in [0.2, 0.25) is 0 Å². The van der Waals surface area contributed by atoms with E-state index in [4.69, 9.17) is 0 Å². The molecule has 0 radical (unpaired) electrons. The van der Waals surface area contributed by atoms with Crippen LogP contribution < -0.4 is 5.32 Å². The minimum absolute atomic E-state index is 0.0225. The number of rotatable bonds is 4. The van der Waals surface area contributed by atoms with E-state index in [1.807, 2.05) is 0 Å². The number of ketones is 1. The van der Waals surface area contributed by atoms with Crippen molar-refractivity contribution < 1.29 is 4.79 Å². The zero-order chi connectivity index (χ0) is 9.26. The Morgan fingerprint density at radius 1 is 1.69 bits per heavy atom. The molecular weight excluding hydrogens is 186 g/mol.